The normalized spacial score (nSPS) is 10.5. The Kier molecular flexibility index (Phi) is 4.59. The van der Waals surface area contributed by atoms with Crippen LogP contribution in [0.15, 0.2) is 60.8 Å². The summed E-state index contributed by atoms with van der Waals surface area (Å²) in [6.07, 6.45) is 1.74. The maximum Gasteiger partial charge on any atom is 0.159 e. The van der Waals surface area contributed by atoms with Gasteiger partial charge in [-0.3, -0.25) is 0 Å². The van der Waals surface area contributed by atoms with E-state index in [0.29, 0.717) is 18.9 Å². The molecule has 0 bridgehead atoms. The zero-order valence-electron chi connectivity index (χ0n) is 12.5. The van der Waals surface area contributed by atoms with Gasteiger partial charge in [-0.2, -0.15) is 0 Å². The van der Waals surface area contributed by atoms with E-state index < -0.39 is 0 Å². The molecule has 3 N–H and O–H groups in total. The molecule has 0 radical (unpaired) electrons. The fourth-order valence-electron chi connectivity index (χ4n) is 2.27. The molecule has 5 heteroatoms. The van der Waals surface area contributed by atoms with Crippen LogP contribution in [0.4, 0.5) is 10.1 Å². The molecule has 116 valence electrons. The van der Waals surface area contributed by atoms with E-state index in [0.717, 1.165) is 22.5 Å². The predicted molar refractivity (Wildman–Crippen MR) is 90.4 cm³/mol. The summed E-state index contributed by atoms with van der Waals surface area (Å²) in [5.74, 6) is 0.278. The van der Waals surface area contributed by atoms with E-state index in [-0.39, 0.29) is 5.82 Å². The van der Waals surface area contributed by atoms with Gasteiger partial charge in [0.15, 0.2) is 5.82 Å². The summed E-state index contributed by atoms with van der Waals surface area (Å²) in [5, 5.41) is 3.24. The van der Waals surface area contributed by atoms with Gasteiger partial charge in [0, 0.05) is 24.2 Å². The Morgan fingerprint density at radius 1 is 0.957 bits per heavy atom. The zero-order chi connectivity index (χ0) is 16.1. The van der Waals surface area contributed by atoms with Gasteiger partial charge >= 0.3 is 0 Å². The summed E-state index contributed by atoms with van der Waals surface area (Å²) in [5.41, 5.74) is 8.94. The highest BCUT2D eigenvalue weighted by molar-refractivity contribution is 5.75. The van der Waals surface area contributed by atoms with E-state index in [2.05, 4.69) is 15.3 Å². The van der Waals surface area contributed by atoms with Crippen LogP contribution in [0, 0.1) is 5.82 Å². The van der Waals surface area contributed by atoms with Gasteiger partial charge in [0.2, 0.25) is 0 Å². The van der Waals surface area contributed by atoms with Crippen LogP contribution in [-0.2, 0) is 0 Å². The molecule has 23 heavy (non-hydrogen) atoms. The van der Waals surface area contributed by atoms with Crippen LogP contribution in [-0.4, -0.2) is 23.1 Å². The maximum atomic E-state index is 13.1. The fraction of sp³-hybridized carbons (Fsp3) is 0.111. The molecule has 2 aromatic carbocycles. The summed E-state index contributed by atoms with van der Waals surface area (Å²) in [6, 6.07) is 16.0. The first-order valence-corrected chi connectivity index (χ1v) is 7.40. The lowest BCUT2D eigenvalue weighted by atomic mass is 10.1. The molecule has 0 aliphatic carbocycles. The average Bonchev–Trinajstić information content (AvgIpc) is 2.61. The van der Waals surface area contributed by atoms with Crippen molar-refractivity contribution >= 4 is 5.69 Å². The molecular formula is C18H17FN4. The van der Waals surface area contributed by atoms with Crippen molar-refractivity contribution in [3.8, 4) is 22.6 Å². The lowest BCUT2D eigenvalue weighted by Crippen LogP contribution is -2.14. The summed E-state index contributed by atoms with van der Waals surface area (Å²) < 4.78 is 13.1. The van der Waals surface area contributed by atoms with Crippen molar-refractivity contribution in [1.29, 1.82) is 0 Å². The van der Waals surface area contributed by atoms with Gasteiger partial charge in [0.25, 0.3) is 0 Å². The van der Waals surface area contributed by atoms with Gasteiger partial charge < -0.3 is 11.1 Å². The molecule has 0 atom stereocenters. The molecule has 3 rings (SSSR count). The van der Waals surface area contributed by atoms with E-state index in [4.69, 9.17) is 5.73 Å². The minimum Gasteiger partial charge on any atom is -0.381 e. The molecule has 0 aliphatic heterocycles. The molecule has 1 heterocycles. The molecule has 0 saturated heterocycles. The van der Waals surface area contributed by atoms with Crippen LogP contribution in [0.25, 0.3) is 22.6 Å². The first-order chi connectivity index (χ1) is 11.3. The van der Waals surface area contributed by atoms with Crippen LogP contribution < -0.4 is 11.1 Å². The van der Waals surface area contributed by atoms with Crippen molar-refractivity contribution in [3.63, 3.8) is 0 Å². The average molecular weight is 308 g/mol. The first-order valence-electron chi connectivity index (χ1n) is 7.40. The number of nitrogens with one attached hydrogen (secondary N) is 1. The summed E-state index contributed by atoms with van der Waals surface area (Å²) in [7, 11) is 0. The Hall–Kier alpha value is -2.79. The highest BCUT2D eigenvalue weighted by Gasteiger charge is 2.10. The molecule has 0 amide bonds. The van der Waals surface area contributed by atoms with Crippen molar-refractivity contribution in [2.75, 3.05) is 18.4 Å². The van der Waals surface area contributed by atoms with Gasteiger partial charge in [-0.25, -0.2) is 14.4 Å². The standard InChI is InChI=1S/C18H17FN4/c19-15-8-6-14(7-9-15)18-22-12-16(21-11-10-20)17(23-18)13-4-2-1-3-5-13/h1-9,12,21H,10-11,20H2. The molecule has 0 aliphatic rings. The van der Waals surface area contributed by atoms with Crippen molar-refractivity contribution in [1.82, 2.24) is 9.97 Å². The van der Waals surface area contributed by atoms with Gasteiger partial charge in [-0.15, -0.1) is 0 Å². The van der Waals surface area contributed by atoms with Crippen molar-refractivity contribution in [3.05, 3.63) is 66.6 Å². The fourth-order valence-corrected chi connectivity index (χ4v) is 2.27. The number of aromatic nitrogens is 2. The number of nitrogens with zero attached hydrogens (tertiary/aromatic N) is 2. The zero-order valence-corrected chi connectivity index (χ0v) is 12.5. The highest BCUT2D eigenvalue weighted by Crippen LogP contribution is 2.27. The number of nitrogens with two attached hydrogens (primary N) is 1. The number of hydrogen-bond acceptors (Lipinski definition) is 4. The van der Waals surface area contributed by atoms with Gasteiger partial charge in [-0.1, -0.05) is 30.3 Å². The molecule has 3 aromatic rings. The summed E-state index contributed by atoms with van der Waals surface area (Å²) >= 11 is 0. The Labute approximate surface area is 134 Å². The third kappa shape index (κ3) is 3.52. The van der Waals surface area contributed by atoms with E-state index in [1.807, 2.05) is 30.3 Å². The number of rotatable bonds is 5. The quantitative estimate of drug-likeness (QED) is 0.759. The lowest BCUT2D eigenvalue weighted by molar-refractivity contribution is 0.628. The molecule has 1 aromatic heterocycles. The molecule has 4 nitrogen and oxygen atoms in total. The summed E-state index contributed by atoms with van der Waals surface area (Å²) in [4.78, 5) is 9.04. The van der Waals surface area contributed by atoms with Crippen LogP contribution in [0.3, 0.4) is 0 Å². The summed E-state index contributed by atoms with van der Waals surface area (Å²) in [6.45, 7) is 1.16. The smallest absolute Gasteiger partial charge is 0.159 e. The molecule has 0 saturated carbocycles. The topological polar surface area (TPSA) is 63.8 Å². The monoisotopic (exact) mass is 308 g/mol. The van der Waals surface area contributed by atoms with Gasteiger partial charge in [0.05, 0.1) is 17.6 Å². The Balaban J connectivity index is 2.05. The van der Waals surface area contributed by atoms with Crippen LogP contribution in [0.2, 0.25) is 0 Å². The number of benzene rings is 2. The number of anilines is 1. The van der Waals surface area contributed by atoms with Gasteiger partial charge in [0.1, 0.15) is 5.82 Å². The predicted octanol–water partition coefficient (Wildman–Crippen LogP) is 3.32. The number of hydrogen-bond donors (Lipinski definition) is 2. The Bertz CT molecular complexity index is 773. The van der Waals surface area contributed by atoms with Crippen LogP contribution in [0.1, 0.15) is 0 Å². The van der Waals surface area contributed by atoms with Crippen LogP contribution in [0.5, 0.6) is 0 Å². The molecule has 0 fully saturated rings. The second-order valence-corrected chi connectivity index (χ2v) is 5.04. The Morgan fingerprint density at radius 2 is 1.70 bits per heavy atom. The van der Waals surface area contributed by atoms with E-state index in [1.165, 1.54) is 12.1 Å². The minimum atomic E-state index is -0.279. The third-order valence-corrected chi connectivity index (χ3v) is 3.40. The van der Waals surface area contributed by atoms with Crippen molar-refractivity contribution < 1.29 is 4.39 Å². The Morgan fingerprint density at radius 3 is 2.39 bits per heavy atom. The second kappa shape index (κ2) is 6.98. The van der Waals surface area contributed by atoms with Crippen molar-refractivity contribution in [2.24, 2.45) is 5.73 Å². The SMILES string of the molecule is NCCNc1cnc(-c2ccc(F)cc2)nc1-c1ccccc1. The first kappa shape index (κ1) is 15.1. The van der Waals surface area contributed by atoms with Crippen LogP contribution >= 0.6 is 0 Å². The molecule has 0 unspecified atom stereocenters. The highest BCUT2D eigenvalue weighted by atomic mass is 19.1. The van der Waals surface area contributed by atoms with Gasteiger partial charge in [-0.05, 0) is 24.3 Å². The maximum absolute atomic E-state index is 13.1. The van der Waals surface area contributed by atoms with E-state index >= 15 is 0 Å². The third-order valence-electron chi connectivity index (χ3n) is 3.40. The number of halogens is 1. The van der Waals surface area contributed by atoms with E-state index in [1.54, 1.807) is 18.3 Å². The van der Waals surface area contributed by atoms with Crippen molar-refractivity contribution in [2.45, 2.75) is 0 Å². The lowest BCUT2D eigenvalue weighted by Gasteiger charge is -2.12. The largest absolute Gasteiger partial charge is 0.381 e. The second-order valence-electron chi connectivity index (χ2n) is 5.04. The molecule has 0 spiro atoms. The minimum absolute atomic E-state index is 0.279. The van der Waals surface area contributed by atoms with E-state index in [9.17, 15) is 4.39 Å². The molecular weight excluding hydrogens is 291 g/mol.